The lowest BCUT2D eigenvalue weighted by molar-refractivity contribution is -0.127. The second-order valence-corrected chi connectivity index (χ2v) is 4.68. The van der Waals surface area contributed by atoms with Gasteiger partial charge in [-0.15, -0.1) is 12.4 Å². The topological polar surface area (TPSA) is 64.3 Å². The van der Waals surface area contributed by atoms with Crippen molar-refractivity contribution < 1.29 is 9.53 Å². The largest absolute Gasteiger partial charge is 0.479 e. The molecule has 0 bridgehead atoms. The van der Waals surface area contributed by atoms with Gasteiger partial charge in [-0.2, -0.15) is 0 Å². The average Bonchev–Trinajstić information content (AvgIpc) is 2.38. The quantitative estimate of drug-likeness (QED) is 0.847. The fourth-order valence-corrected chi connectivity index (χ4v) is 1.47. The zero-order valence-corrected chi connectivity index (χ0v) is 12.6. The van der Waals surface area contributed by atoms with Crippen LogP contribution in [0.5, 0.6) is 5.75 Å². The molecule has 1 amide bonds. The van der Waals surface area contributed by atoms with E-state index in [0.29, 0.717) is 23.9 Å². The van der Waals surface area contributed by atoms with Gasteiger partial charge in [-0.05, 0) is 31.5 Å². The molecule has 0 saturated heterocycles. The molecule has 6 heteroatoms. The summed E-state index contributed by atoms with van der Waals surface area (Å²) in [7, 11) is 0. The maximum atomic E-state index is 11.8. The molecule has 0 aliphatic heterocycles. The van der Waals surface area contributed by atoms with E-state index >= 15 is 0 Å². The molecule has 0 aliphatic carbocycles. The van der Waals surface area contributed by atoms with Crippen LogP contribution in [0.2, 0.25) is 5.02 Å². The van der Waals surface area contributed by atoms with Crippen molar-refractivity contribution in [3.8, 4) is 5.75 Å². The van der Waals surface area contributed by atoms with Crippen LogP contribution in [0.4, 0.5) is 0 Å². The van der Waals surface area contributed by atoms with Gasteiger partial charge >= 0.3 is 0 Å². The number of nitrogens with two attached hydrogens (primary N) is 1. The molecule has 1 rings (SSSR count). The molecule has 0 fully saturated rings. The van der Waals surface area contributed by atoms with Crippen molar-refractivity contribution in [2.45, 2.75) is 20.0 Å². The summed E-state index contributed by atoms with van der Waals surface area (Å²) < 4.78 is 5.50. The van der Waals surface area contributed by atoms with E-state index in [-0.39, 0.29) is 24.2 Å². The number of rotatable bonds is 6. The molecule has 1 aromatic carbocycles. The maximum absolute atomic E-state index is 11.8. The molecule has 0 saturated carbocycles. The van der Waals surface area contributed by atoms with Gasteiger partial charge in [0.1, 0.15) is 5.75 Å². The number of benzene rings is 1. The second kappa shape index (κ2) is 9.02. The van der Waals surface area contributed by atoms with Gasteiger partial charge < -0.3 is 15.8 Å². The van der Waals surface area contributed by atoms with Crippen LogP contribution in [0.25, 0.3) is 0 Å². The van der Waals surface area contributed by atoms with E-state index in [9.17, 15) is 4.79 Å². The highest BCUT2D eigenvalue weighted by Crippen LogP contribution is 2.24. The van der Waals surface area contributed by atoms with Crippen LogP contribution >= 0.6 is 24.0 Å². The Balaban J connectivity index is 0.00000324. The van der Waals surface area contributed by atoms with E-state index in [2.05, 4.69) is 5.32 Å². The molecule has 0 heterocycles. The Labute approximate surface area is 125 Å². The highest BCUT2D eigenvalue weighted by molar-refractivity contribution is 6.32. The van der Waals surface area contributed by atoms with Crippen molar-refractivity contribution in [3.05, 3.63) is 29.3 Å². The minimum atomic E-state index is -0.588. The summed E-state index contributed by atoms with van der Waals surface area (Å²) in [4.78, 5) is 11.8. The predicted molar refractivity (Wildman–Crippen MR) is 80.0 cm³/mol. The molecule has 0 aromatic heterocycles. The summed E-state index contributed by atoms with van der Waals surface area (Å²) in [5.74, 6) is 0.588. The summed E-state index contributed by atoms with van der Waals surface area (Å²) in [6.45, 7) is 4.75. The summed E-state index contributed by atoms with van der Waals surface area (Å²) in [6.07, 6.45) is -0.588. The average molecular weight is 307 g/mol. The SMILES string of the molecule is CC(CN)CNC(=O)C(C)Oc1ccccc1Cl.Cl. The fourth-order valence-electron chi connectivity index (χ4n) is 1.29. The Morgan fingerprint density at radius 2 is 2.05 bits per heavy atom. The van der Waals surface area contributed by atoms with Crippen LogP contribution in [0.3, 0.4) is 0 Å². The lowest BCUT2D eigenvalue weighted by Crippen LogP contribution is -2.39. The molecule has 0 spiro atoms. The highest BCUT2D eigenvalue weighted by Gasteiger charge is 2.16. The standard InChI is InChI=1S/C13H19ClN2O2.ClH/c1-9(7-15)8-16-13(17)10(2)18-12-6-4-3-5-11(12)14;/h3-6,9-10H,7-8,15H2,1-2H3,(H,16,17);1H. The third-order valence-corrected chi connectivity index (χ3v) is 2.85. The molecule has 2 atom stereocenters. The first-order valence-corrected chi connectivity index (χ1v) is 6.31. The van der Waals surface area contributed by atoms with E-state index < -0.39 is 6.10 Å². The first-order chi connectivity index (χ1) is 8.54. The molecular weight excluding hydrogens is 287 g/mol. The van der Waals surface area contributed by atoms with Crippen molar-refractivity contribution in [1.29, 1.82) is 0 Å². The van der Waals surface area contributed by atoms with Gasteiger partial charge in [-0.1, -0.05) is 30.7 Å². The molecule has 0 radical (unpaired) electrons. The van der Waals surface area contributed by atoms with Crippen molar-refractivity contribution in [3.63, 3.8) is 0 Å². The first-order valence-electron chi connectivity index (χ1n) is 5.93. The number of ether oxygens (including phenoxy) is 1. The summed E-state index contributed by atoms with van der Waals surface area (Å²) in [5.41, 5.74) is 5.48. The van der Waals surface area contributed by atoms with Gasteiger partial charge in [0.15, 0.2) is 6.10 Å². The Bertz CT molecular complexity index is 402. The van der Waals surface area contributed by atoms with E-state index in [1.54, 1.807) is 19.1 Å². The second-order valence-electron chi connectivity index (χ2n) is 4.28. The summed E-state index contributed by atoms with van der Waals surface area (Å²) in [6, 6.07) is 7.07. The fraction of sp³-hybridized carbons (Fsp3) is 0.462. The lowest BCUT2D eigenvalue weighted by atomic mass is 10.2. The molecular formula is C13H20Cl2N2O2. The smallest absolute Gasteiger partial charge is 0.260 e. The van der Waals surface area contributed by atoms with Crippen molar-refractivity contribution in [1.82, 2.24) is 5.32 Å². The number of para-hydroxylation sites is 1. The molecule has 108 valence electrons. The number of hydrogen-bond donors (Lipinski definition) is 2. The third kappa shape index (κ3) is 6.14. The van der Waals surface area contributed by atoms with Crippen molar-refractivity contribution in [2.24, 2.45) is 11.7 Å². The summed E-state index contributed by atoms with van der Waals surface area (Å²) in [5, 5.41) is 3.28. The molecule has 4 nitrogen and oxygen atoms in total. The number of carbonyl (C=O) groups excluding carboxylic acids is 1. The number of amides is 1. The van der Waals surface area contributed by atoms with Crippen molar-refractivity contribution >= 4 is 29.9 Å². The first kappa shape index (κ1) is 18.0. The zero-order valence-electron chi connectivity index (χ0n) is 11.1. The Morgan fingerprint density at radius 1 is 1.42 bits per heavy atom. The molecule has 0 aliphatic rings. The number of carbonyl (C=O) groups is 1. The van der Waals surface area contributed by atoms with Crippen LogP contribution in [0, 0.1) is 5.92 Å². The minimum absolute atomic E-state index is 0. The Morgan fingerprint density at radius 3 is 2.63 bits per heavy atom. The van der Waals surface area contributed by atoms with Crippen LogP contribution in [0.15, 0.2) is 24.3 Å². The van der Waals surface area contributed by atoms with Crippen LogP contribution in [0.1, 0.15) is 13.8 Å². The zero-order chi connectivity index (χ0) is 13.5. The van der Waals surface area contributed by atoms with Gasteiger partial charge in [-0.3, -0.25) is 4.79 Å². The monoisotopic (exact) mass is 306 g/mol. The number of halogens is 2. The van der Waals surface area contributed by atoms with Gasteiger partial charge in [-0.25, -0.2) is 0 Å². The maximum Gasteiger partial charge on any atom is 0.260 e. The molecule has 3 N–H and O–H groups in total. The number of nitrogens with one attached hydrogen (secondary N) is 1. The van der Waals surface area contributed by atoms with Gasteiger partial charge in [0.05, 0.1) is 5.02 Å². The van der Waals surface area contributed by atoms with E-state index in [1.165, 1.54) is 0 Å². The van der Waals surface area contributed by atoms with Crippen LogP contribution in [-0.4, -0.2) is 25.1 Å². The highest BCUT2D eigenvalue weighted by atomic mass is 35.5. The van der Waals surface area contributed by atoms with Gasteiger partial charge in [0.25, 0.3) is 5.91 Å². The molecule has 19 heavy (non-hydrogen) atoms. The Hall–Kier alpha value is -0.970. The van der Waals surface area contributed by atoms with Crippen molar-refractivity contribution in [2.75, 3.05) is 13.1 Å². The normalized spacial score (nSPS) is 13.1. The van der Waals surface area contributed by atoms with Crippen LogP contribution in [-0.2, 0) is 4.79 Å². The van der Waals surface area contributed by atoms with Gasteiger partial charge in [0, 0.05) is 6.54 Å². The third-order valence-electron chi connectivity index (χ3n) is 2.54. The predicted octanol–water partition coefficient (Wildman–Crippen LogP) is 2.24. The van der Waals surface area contributed by atoms with E-state index in [0.717, 1.165) is 0 Å². The van der Waals surface area contributed by atoms with E-state index in [4.69, 9.17) is 22.1 Å². The number of hydrogen-bond acceptors (Lipinski definition) is 3. The molecule has 2 unspecified atom stereocenters. The van der Waals surface area contributed by atoms with Gasteiger partial charge in [0.2, 0.25) is 0 Å². The van der Waals surface area contributed by atoms with E-state index in [1.807, 2.05) is 19.1 Å². The summed E-state index contributed by atoms with van der Waals surface area (Å²) >= 11 is 5.95. The molecule has 1 aromatic rings. The minimum Gasteiger partial charge on any atom is -0.479 e. The van der Waals surface area contributed by atoms with Crippen LogP contribution < -0.4 is 15.8 Å². The Kier molecular flexibility index (Phi) is 8.56. The lowest BCUT2D eigenvalue weighted by Gasteiger charge is -2.17.